The zero-order chi connectivity index (χ0) is 17.8. The van der Waals surface area contributed by atoms with E-state index in [1.807, 2.05) is 30.0 Å². The average Bonchev–Trinajstić information content (AvgIpc) is 2.63. The summed E-state index contributed by atoms with van der Waals surface area (Å²) in [6.45, 7) is 5.69. The predicted octanol–water partition coefficient (Wildman–Crippen LogP) is 1.31. The molecule has 0 aliphatic carbocycles. The van der Waals surface area contributed by atoms with Crippen LogP contribution in [0.3, 0.4) is 0 Å². The molecule has 1 atom stereocenters. The van der Waals surface area contributed by atoms with Crippen molar-refractivity contribution in [3.63, 3.8) is 0 Å². The first kappa shape index (κ1) is 17.7. The number of hydrogen-bond donors (Lipinski definition) is 2. The molecule has 6 nitrogen and oxygen atoms in total. The molecule has 2 aliphatic rings. The van der Waals surface area contributed by atoms with E-state index in [9.17, 15) is 14.7 Å². The van der Waals surface area contributed by atoms with Crippen molar-refractivity contribution in [2.24, 2.45) is 0 Å². The van der Waals surface area contributed by atoms with E-state index in [1.54, 1.807) is 6.07 Å². The molecule has 0 radical (unpaired) electrons. The van der Waals surface area contributed by atoms with E-state index in [-0.39, 0.29) is 24.3 Å². The first-order chi connectivity index (χ1) is 12.1. The topological polar surface area (TPSA) is 72.9 Å². The standard InChI is InChI=1S/C19H27N3O3/c1-2-21-11-8-20-19(25)17(21)13-18(24)22-9-6-14(7-10-22)15-4-3-5-16(23)12-15/h3-5,12,14,17,23H,2,6-11,13H2,1H3,(H,20,25)/t17-/m0/s1. The van der Waals surface area contributed by atoms with Gasteiger partial charge in [-0.2, -0.15) is 0 Å². The fourth-order valence-corrected chi connectivity index (χ4v) is 3.90. The zero-order valence-electron chi connectivity index (χ0n) is 14.8. The highest BCUT2D eigenvalue weighted by Crippen LogP contribution is 2.30. The second kappa shape index (κ2) is 7.87. The Morgan fingerprint density at radius 1 is 1.28 bits per heavy atom. The second-order valence-corrected chi connectivity index (χ2v) is 6.89. The minimum Gasteiger partial charge on any atom is -0.508 e. The largest absolute Gasteiger partial charge is 0.508 e. The van der Waals surface area contributed by atoms with Crippen molar-refractivity contribution in [3.05, 3.63) is 29.8 Å². The van der Waals surface area contributed by atoms with Crippen LogP contribution in [0.2, 0.25) is 0 Å². The van der Waals surface area contributed by atoms with Gasteiger partial charge < -0.3 is 15.3 Å². The fourth-order valence-electron chi connectivity index (χ4n) is 3.90. The van der Waals surface area contributed by atoms with Crippen LogP contribution < -0.4 is 5.32 Å². The normalized spacial score (nSPS) is 22.7. The number of carbonyl (C=O) groups is 2. The number of phenolic OH excluding ortho intramolecular Hbond substituents is 1. The Kier molecular flexibility index (Phi) is 5.58. The number of nitrogens with zero attached hydrogens (tertiary/aromatic N) is 2. The van der Waals surface area contributed by atoms with Gasteiger partial charge >= 0.3 is 0 Å². The van der Waals surface area contributed by atoms with Gasteiger partial charge in [0.25, 0.3) is 0 Å². The molecule has 2 fully saturated rings. The lowest BCUT2D eigenvalue weighted by Gasteiger charge is -2.37. The van der Waals surface area contributed by atoms with Crippen LogP contribution in [0, 0.1) is 0 Å². The van der Waals surface area contributed by atoms with E-state index in [2.05, 4.69) is 10.2 Å². The van der Waals surface area contributed by atoms with Crippen molar-refractivity contribution in [2.75, 3.05) is 32.7 Å². The molecule has 2 aliphatic heterocycles. The third kappa shape index (κ3) is 4.12. The molecule has 2 saturated heterocycles. The number of piperazine rings is 1. The van der Waals surface area contributed by atoms with Gasteiger partial charge in [-0.15, -0.1) is 0 Å². The van der Waals surface area contributed by atoms with Crippen LogP contribution in [0.15, 0.2) is 24.3 Å². The summed E-state index contributed by atoms with van der Waals surface area (Å²) < 4.78 is 0. The number of rotatable bonds is 4. The lowest BCUT2D eigenvalue weighted by molar-refractivity contribution is -0.139. The number of benzene rings is 1. The summed E-state index contributed by atoms with van der Waals surface area (Å²) in [5.74, 6) is 0.700. The molecule has 0 unspecified atom stereocenters. The summed E-state index contributed by atoms with van der Waals surface area (Å²) in [7, 11) is 0. The van der Waals surface area contributed by atoms with Crippen LogP contribution >= 0.6 is 0 Å². The molecule has 25 heavy (non-hydrogen) atoms. The molecular formula is C19H27N3O3. The Labute approximate surface area is 148 Å². The summed E-state index contributed by atoms with van der Waals surface area (Å²) in [5.41, 5.74) is 1.14. The maximum absolute atomic E-state index is 12.6. The number of aromatic hydroxyl groups is 1. The Morgan fingerprint density at radius 2 is 2.04 bits per heavy atom. The van der Waals surface area contributed by atoms with Crippen LogP contribution in [0.25, 0.3) is 0 Å². The van der Waals surface area contributed by atoms with Gasteiger partial charge in [0.2, 0.25) is 11.8 Å². The smallest absolute Gasteiger partial charge is 0.237 e. The number of phenols is 1. The van der Waals surface area contributed by atoms with Crippen molar-refractivity contribution < 1.29 is 14.7 Å². The minimum atomic E-state index is -0.338. The van der Waals surface area contributed by atoms with E-state index in [4.69, 9.17) is 0 Å². The third-order valence-electron chi connectivity index (χ3n) is 5.41. The highest BCUT2D eigenvalue weighted by molar-refractivity contribution is 5.88. The Balaban J connectivity index is 1.55. The first-order valence-corrected chi connectivity index (χ1v) is 9.17. The number of likely N-dealkylation sites (tertiary alicyclic amines) is 1. The molecule has 2 heterocycles. The van der Waals surface area contributed by atoms with E-state index in [0.717, 1.165) is 31.5 Å². The van der Waals surface area contributed by atoms with E-state index in [1.165, 1.54) is 0 Å². The summed E-state index contributed by atoms with van der Waals surface area (Å²) in [4.78, 5) is 28.7. The monoisotopic (exact) mass is 345 g/mol. The summed E-state index contributed by atoms with van der Waals surface area (Å²) in [5, 5.41) is 12.5. The van der Waals surface area contributed by atoms with Gasteiger partial charge in [0.15, 0.2) is 0 Å². The Morgan fingerprint density at radius 3 is 2.72 bits per heavy atom. The van der Waals surface area contributed by atoms with Crippen molar-refractivity contribution in [3.8, 4) is 5.75 Å². The van der Waals surface area contributed by atoms with E-state index in [0.29, 0.717) is 31.3 Å². The first-order valence-electron chi connectivity index (χ1n) is 9.17. The van der Waals surface area contributed by atoms with Crippen molar-refractivity contribution in [1.82, 2.24) is 15.1 Å². The maximum atomic E-state index is 12.6. The van der Waals surface area contributed by atoms with Crippen LogP contribution in [-0.4, -0.2) is 65.5 Å². The van der Waals surface area contributed by atoms with E-state index >= 15 is 0 Å². The molecule has 3 rings (SSSR count). The zero-order valence-corrected chi connectivity index (χ0v) is 14.8. The molecule has 0 saturated carbocycles. The maximum Gasteiger partial charge on any atom is 0.237 e. The number of amides is 2. The van der Waals surface area contributed by atoms with Crippen molar-refractivity contribution in [2.45, 2.75) is 38.1 Å². The molecule has 136 valence electrons. The molecule has 2 N–H and O–H groups in total. The van der Waals surface area contributed by atoms with Crippen LogP contribution in [0.5, 0.6) is 5.75 Å². The lowest BCUT2D eigenvalue weighted by atomic mass is 9.89. The van der Waals surface area contributed by atoms with Crippen LogP contribution in [0.1, 0.15) is 37.7 Å². The summed E-state index contributed by atoms with van der Waals surface area (Å²) in [6.07, 6.45) is 2.05. The quantitative estimate of drug-likeness (QED) is 0.863. The van der Waals surface area contributed by atoms with Crippen LogP contribution in [-0.2, 0) is 9.59 Å². The van der Waals surface area contributed by atoms with Gasteiger partial charge in [-0.25, -0.2) is 0 Å². The van der Waals surface area contributed by atoms with Gasteiger partial charge in [-0.3, -0.25) is 14.5 Å². The number of carbonyl (C=O) groups excluding carboxylic acids is 2. The van der Waals surface area contributed by atoms with Gasteiger partial charge in [0, 0.05) is 26.2 Å². The van der Waals surface area contributed by atoms with Crippen molar-refractivity contribution in [1.29, 1.82) is 0 Å². The molecular weight excluding hydrogens is 318 g/mol. The van der Waals surface area contributed by atoms with Gasteiger partial charge in [0.05, 0.1) is 12.5 Å². The number of piperidine rings is 1. The molecule has 1 aromatic rings. The molecule has 1 aromatic carbocycles. The minimum absolute atomic E-state index is 0.0314. The van der Waals surface area contributed by atoms with Crippen LogP contribution in [0.4, 0.5) is 0 Å². The third-order valence-corrected chi connectivity index (χ3v) is 5.41. The number of hydrogen-bond acceptors (Lipinski definition) is 4. The highest BCUT2D eigenvalue weighted by Gasteiger charge is 2.33. The predicted molar refractivity (Wildman–Crippen MR) is 95.3 cm³/mol. The highest BCUT2D eigenvalue weighted by atomic mass is 16.3. The van der Waals surface area contributed by atoms with Gasteiger partial charge in [-0.1, -0.05) is 19.1 Å². The summed E-state index contributed by atoms with van der Waals surface area (Å²) in [6, 6.07) is 7.05. The Bertz CT molecular complexity index is 626. The van der Waals surface area contributed by atoms with E-state index < -0.39 is 0 Å². The molecule has 6 heteroatoms. The van der Waals surface area contributed by atoms with Crippen molar-refractivity contribution >= 4 is 11.8 Å². The fraction of sp³-hybridized carbons (Fsp3) is 0.579. The second-order valence-electron chi connectivity index (χ2n) is 6.89. The lowest BCUT2D eigenvalue weighted by Crippen LogP contribution is -2.56. The molecule has 0 aromatic heterocycles. The van der Waals surface area contributed by atoms with Gasteiger partial charge in [0.1, 0.15) is 5.75 Å². The Hall–Kier alpha value is -2.08. The molecule has 0 bridgehead atoms. The summed E-state index contributed by atoms with van der Waals surface area (Å²) >= 11 is 0. The number of nitrogens with one attached hydrogen (secondary N) is 1. The number of likely N-dealkylation sites (N-methyl/N-ethyl adjacent to an activating group) is 1. The average molecular weight is 345 g/mol. The molecule has 2 amide bonds. The molecule has 0 spiro atoms. The van der Waals surface area contributed by atoms with Gasteiger partial charge in [-0.05, 0) is 43.0 Å². The SMILES string of the molecule is CCN1CCNC(=O)[C@@H]1CC(=O)N1CCC(c2cccc(O)c2)CC1.